The SMILES string of the molecule is CNC(C(=O)N1C[C@H](O)C[C@H]1C(=O)NCc1ccccc1)C(C)(C)C. The number of carbonyl (C=O) groups is 2. The van der Waals surface area contributed by atoms with Crippen molar-refractivity contribution in [2.24, 2.45) is 5.41 Å². The molecule has 0 aliphatic carbocycles. The van der Waals surface area contributed by atoms with Gasteiger partial charge in [0.15, 0.2) is 0 Å². The monoisotopic (exact) mass is 347 g/mol. The molecule has 6 nitrogen and oxygen atoms in total. The van der Waals surface area contributed by atoms with Crippen LogP contribution >= 0.6 is 0 Å². The van der Waals surface area contributed by atoms with E-state index in [0.717, 1.165) is 5.56 Å². The van der Waals surface area contributed by atoms with Gasteiger partial charge >= 0.3 is 0 Å². The lowest BCUT2D eigenvalue weighted by Crippen LogP contribution is -2.55. The molecule has 1 fully saturated rings. The van der Waals surface area contributed by atoms with E-state index in [4.69, 9.17) is 0 Å². The molecule has 138 valence electrons. The van der Waals surface area contributed by atoms with Crippen molar-refractivity contribution >= 4 is 11.8 Å². The molecule has 1 saturated heterocycles. The number of carbonyl (C=O) groups excluding carboxylic acids is 2. The molecule has 1 unspecified atom stereocenters. The Morgan fingerprint density at radius 1 is 1.28 bits per heavy atom. The Kier molecular flexibility index (Phi) is 6.19. The molecule has 0 bridgehead atoms. The second-order valence-electron chi connectivity index (χ2n) is 7.69. The number of likely N-dealkylation sites (N-methyl/N-ethyl adjacent to an activating group) is 1. The summed E-state index contributed by atoms with van der Waals surface area (Å²) >= 11 is 0. The van der Waals surface area contributed by atoms with E-state index in [1.165, 1.54) is 4.90 Å². The smallest absolute Gasteiger partial charge is 0.243 e. The lowest BCUT2D eigenvalue weighted by atomic mass is 9.86. The molecule has 0 saturated carbocycles. The van der Waals surface area contributed by atoms with Gasteiger partial charge in [-0.2, -0.15) is 0 Å². The first-order chi connectivity index (χ1) is 11.7. The summed E-state index contributed by atoms with van der Waals surface area (Å²) in [6.07, 6.45) is -0.402. The number of hydrogen-bond donors (Lipinski definition) is 3. The van der Waals surface area contributed by atoms with Crippen LogP contribution in [0.3, 0.4) is 0 Å². The zero-order chi connectivity index (χ0) is 18.6. The van der Waals surface area contributed by atoms with Crippen LogP contribution < -0.4 is 10.6 Å². The van der Waals surface area contributed by atoms with E-state index in [2.05, 4.69) is 10.6 Å². The molecule has 3 N–H and O–H groups in total. The van der Waals surface area contributed by atoms with Crippen molar-refractivity contribution in [2.45, 2.75) is 51.9 Å². The minimum Gasteiger partial charge on any atom is -0.391 e. The van der Waals surface area contributed by atoms with Crippen LogP contribution in [0.25, 0.3) is 0 Å². The first kappa shape index (κ1) is 19.4. The summed E-state index contributed by atoms with van der Waals surface area (Å²) in [4.78, 5) is 27.0. The van der Waals surface area contributed by atoms with Crippen LogP contribution in [-0.4, -0.2) is 53.6 Å². The molecule has 3 atom stereocenters. The van der Waals surface area contributed by atoms with Crippen LogP contribution in [0.5, 0.6) is 0 Å². The van der Waals surface area contributed by atoms with Crippen molar-refractivity contribution in [1.82, 2.24) is 15.5 Å². The fraction of sp³-hybridized carbons (Fsp3) is 0.579. The van der Waals surface area contributed by atoms with Crippen molar-refractivity contribution in [2.75, 3.05) is 13.6 Å². The van der Waals surface area contributed by atoms with E-state index in [0.29, 0.717) is 6.54 Å². The quantitative estimate of drug-likeness (QED) is 0.739. The van der Waals surface area contributed by atoms with E-state index in [9.17, 15) is 14.7 Å². The third-order valence-corrected chi connectivity index (χ3v) is 4.58. The molecule has 25 heavy (non-hydrogen) atoms. The van der Waals surface area contributed by atoms with E-state index in [-0.39, 0.29) is 30.2 Å². The first-order valence-corrected chi connectivity index (χ1v) is 8.71. The summed E-state index contributed by atoms with van der Waals surface area (Å²) in [5.41, 5.74) is 0.708. The van der Waals surface area contributed by atoms with E-state index < -0.39 is 18.2 Å². The van der Waals surface area contributed by atoms with E-state index in [1.54, 1.807) is 7.05 Å². The van der Waals surface area contributed by atoms with E-state index >= 15 is 0 Å². The van der Waals surface area contributed by atoms with Gasteiger partial charge in [0.05, 0.1) is 12.1 Å². The Bertz CT molecular complexity index is 598. The molecule has 6 heteroatoms. The van der Waals surface area contributed by atoms with Crippen LogP contribution in [0.4, 0.5) is 0 Å². The molecule has 2 amide bonds. The van der Waals surface area contributed by atoms with Gasteiger partial charge in [-0.3, -0.25) is 9.59 Å². The Morgan fingerprint density at radius 3 is 2.48 bits per heavy atom. The van der Waals surface area contributed by atoms with E-state index in [1.807, 2.05) is 51.1 Å². The van der Waals surface area contributed by atoms with Crippen LogP contribution in [0, 0.1) is 5.41 Å². The highest BCUT2D eigenvalue weighted by molar-refractivity contribution is 5.91. The van der Waals surface area contributed by atoms with Gasteiger partial charge < -0.3 is 20.6 Å². The minimum atomic E-state index is -0.672. The highest BCUT2D eigenvalue weighted by Gasteiger charge is 2.43. The number of nitrogens with one attached hydrogen (secondary N) is 2. The number of nitrogens with zero attached hydrogens (tertiary/aromatic N) is 1. The summed E-state index contributed by atoms with van der Waals surface area (Å²) in [6, 6.07) is 8.57. The number of likely N-dealkylation sites (tertiary alicyclic amines) is 1. The van der Waals surface area contributed by atoms with Gasteiger partial charge in [-0.1, -0.05) is 51.1 Å². The molecule has 1 aromatic carbocycles. The predicted octanol–water partition coefficient (Wildman–Crippen LogP) is 0.899. The second kappa shape index (κ2) is 7.97. The van der Waals surface area contributed by atoms with Crippen molar-refractivity contribution in [3.05, 3.63) is 35.9 Å². The minimum absolute atomic E-state index is 0.147. The highest BCUT2D eigenvalue weighted by atomic mass is 16.3. The summed E-state index contributed by atoms with van der Waals surface area (Å²) < 4.78 is 0. The van der Waals surface area contributed by atoms with Gasteiger partial charge in [-0.25, -0.2) is 0 Å². The van der Waals surface area contributed by atoms with Crippen LogP contribution in [0.2, 0.25) is 0 Å². The maximum atomic E-state index is 12.9. The lowest BCUT2D eigenvalue weighted by molar-refractivity contribution is -0.142. The number of aliphatic hydroxyl groups excluding tert-OH is 1. The average molecular weight is 347 g/mol. The third kappa shape index (κ3) is 4.80. The fourth-order valence-electron chi connectivity index (χ4n) is 3.30. The first-order valence-electron chi connectivity index (χ1n) is 8.71. The summed E-state index contributed by atoms with van der Waals surface area (Å²) in [5.74, 6) is -0.371. The van der Waals surface area contributed by atoms with Gasteiger partial charge in [0.25, 0.3) is 0 Å². The standard InChI is InChI=1S/C19H29N3O3/c1-19(2,3)16(20-4)18(25)22-12-14(23)10-15(22)17(24)21-11-13-8-6-5-7-9-13/h5-9,14-16,20,23H,10-12H2,1-4H3,(H,21,24)/t14-,15+,16?/m1/s1. The molecule has 1 aliphatic heterocycles. The molecule has 1 heterocycles. The number of benzene rings is 1. The van der Waals surface area contributed by atoms with Crippen LogP contribution in [-0.2, 0) is 16.1 Å². The summed E-state index contributed by atoms with van der Waals surface area (Å²) in [5, 5.41) is 15.9. The van der Waals surface area contributed by atoms with Crippen molar-refractivity contribution in [3.8, 4) is 0 Å². The molecular formula is C19H29N3O3. The molecular weight excluding hydrogens is 318 g/mol. The van der Waals surface area contributed by atoms with Gasteiger partial charge in [0.1, 0.15) is 6.04 Å². The lowest BCUT2D eigenvalue weighted by Gasteiger charge is -2.34. The Hall–Kier alpha value is -1.92. The van der Waals surface area contributed by atoms with Crippen molar-refractivity contribution in [3.63, 3.8) is 0 Å². The molecule has 0 radical (unpaired) electrons. The van der Waals surface area contributed by atoms with Crippen molar-refractivity contribution in [1.29, 1.82) is 0 Å². The Morgan fingerprint density at radius 2 is 1.92 bits per heavy atom. The molecule has 0 spiro atoms. The van der Waals surface area contributed by atoms with Gasteiger partial charge in [-0.05, 0) is 18.0 Å². The molecule has 1 aliphatic rings. The van der Waals surface area contributed by atoms with Crippen LogP contribution in [0.15, 0.2) is 30.3 Å². The maximum Gasteiger partial charge on any atom is 0.243 e. The molecule has 1 aromatic rings. The third-order valence-electron chi connectivity index (χ3n) is 4.58. The zero-order valence-electron chi connectivity index (χ0n) is 15.5. The fourth-order valence-corrected chi connectivity index (χ4v) is 3.30. The number of aliphatic hydroxyl groups is 1. The highest BCUT2D eigenvalue weighted by Crippen LogP contribution is 2.25. The normalized spacial score (nSPS) is 21.9. The van der Waals surface area contributed by atoms with Gasteiger partial charge in [0, 0.05) is 19.5 Å². The van der Waals surface area contributed by atoms with Crippen molar-refractivity contribution < 1.29 is 14.7 Å². The Labute approximate surface area is 149 Å². The second-order valence-corrected chi connectivity index (χ2v) is 7.69. The summed E-state index contributed by atoms with van der Waals surface area (Å²) in [7, 11) is 1.74. The predicted molar refractivity (Wildman–Crippen MR) is 96.7 cm³/mol. The zero-order valence-corrected chi connectivity index (χ0v) is 15.5. The van der Waals surface area contributed by atoms with Crippen LogP contribution in [0.1, 0.15) is 32.8 Å². The largest absolute Gasteiger partial charge is 0.391 e. The molecule has 0 aromatic heterocycles. The summed E-state index contributed by atoms with van der Waals surface area (Å²) in [6.45, 7) is 6.52. The number of β-amino-alcohol motifs (C(OH)–C–C–N with tert-alkyl or cyclic N) is 1. The maximum absolute atomic E-state index is 12.9. The molecule has 2 rings (SSSR count). The van der Waals surface area contributed by atoms with Gasteiger partial charge in [0.2, 0.25) is 11.8 Å². The topological polar surface area (TPSA) is 81.7 Å². The number of hydrogen-bond acceptors (Lipinski definition) is 4. The number of amides is 2. The average Bonchev–Trinajstić information content (AvgIpc) is 2.95. The Balaban J connectivity index is 2.07. The van der Waals surface area contributed by atoms with Gasteiger partial charge in [-0.15, -0.1) is 0 Å². The number of rotatable bonds is 5.